The Morgan fingerprint density at radius 3 is 2.90 bits per heavy atom. The van der Waals surface area contributed by atoms with Crippen LogP contribution in [0.5, 0.6) is 0 Å². The van der Waals surface area contributed by atoms with Crippen LogP contribution in [0.25, 0.3) is 5.78 Å². The second kappa shape index (κ2) is 5.32. The van der Waals surface area contributed by atoms with Crippen molar-refractivity contribution in [3.8, 4) is 0 Å². The van der Waals surface area contributed by atoms with Crippen LogP contribution >= 0.6 is 0 Å². The Hall–Kier alpha value is -2.76. The maximum Gasteiger partial charge on any atom is 0.378 e. The SMILES string of the molecule is Cc1cccc(COC(=O)c2nc3nccc(C)n3n2)c1. The third kappa shape index (κ3) is 2.74. The van der Waals surface area contributed by atoms with E-state index in [-0.39, 0.29) is 12.4 Å². The number of benzene rings is 1. The first-order chi connectivity index (χ1) is 10.1. The zero-order valence-corrected chi connectivity index (χ0v) is 11.8. The Balaban J connectivity index is 1.76. The van der Waals surface area contributed by atoms with Gasteiger partial charge in [0.1, 0.15) is 6.61 Å². The molecule has 21 heavy (non-hydrogen) atoms. The lowest BCUT2D eigenvalue weighted by atomic mass is 10.1. The number of fused-ring (bicyclic) bond motifs is 1. The monoisotopic (exact) mass is 282 g/mol. The predicted octanol–water partition coefficient (Wildman–Crippen LogP) is 2.10. The second-order valence-corrected chi connectivity index (χ2v) is 4.80. The highest BCUT2D eigenvalue weighted by Gasteiger charge is 2.15. The standard InChI is InChI=1S/C15H14N4O2/c1-10-4-3-5-12(8-10)9-21-14(20)13-17-15-16-7-6-11(2)19(15)18-13/h3-8H,9H2,1-2H3. The molecule has 1 aromatic carbocycles. The predicted molar refractivity (Wildman–Crippen MR) is 75.8 cm³/mol. The number of ether oxygens (including phenoxy) is 1. The number of nitrogens with zero attached hydrogens (tertiary/aromatic N) is 4. The third-order valence-corrected chi connectivity index (χ3v) is 3.06. The molecule has 0 saturated carbocycles. The first kappa shape index (κ1) is 13.2. The van der Waals surface area contributed by atoms with Gasteiger partial charge in [0.15, 0.2) is 0 Å². The molecule has 0 unspecified atom stereocenters. The van der Waals surface area contributed by atoms with E-state index in [1.165, 1.54) is 4.52 Å². The number of esters is 1. The Labute approximate surface area is 121 Å². The summed E-state index contributed by atoms with van der Waals surface area (Å²) in [5, 5.41) is 4.11. The number of hydrogen-bond acceptors (Lipinski definition) is 5. The molecular formula is C15H14N4O2. The van der Waals surface area contributed by atoms with Crippen molar-refractivity contribution in [2.75, 3.05) is 0 Å². The Morgan fingerprint density at radius 1 is 1.29 bits per heavy atom. The molecule has 0 aliphatic carbocycles. The van der Waals surface area contributed by atoms with Crippen molar-refractivity contribution in [1.82, 2.24) is 19.6 Å². The van der Waals surface area contributed by atoms with Crippen molar-refractivity contribution >= 4 is 11.7 Å². The van der Waals surface area contributed by atoms with E-state index in [0.717, 1.165) is 16.8 Å². The highest BCUT2D eigenvalue weighted by Crippen LogP contribution is 2.08. The summed E-state index contributed by atoms with van der Waals surface area (Å²) in [6, 6.07) is 9.58. The van der Waals surface area contributed by atoms with Gasteiger partial charge in [-0.05, 0) is 25.5 Å². The van der Waals surface area contributed by atoms with Crippen LogP contribution in [0.1, 0.15) is 27.4 Å². The second-order valence-electron chi connectivity index (χ2n) is 4.80. The first-order valence-corrected chi connectivity index (χ1v) is 6.54. The number of aromatic nitrogens is 4. The van der Waals surface area contributed by atoms with Gasteiger partial charge in [0.25, 0.3) is 11.6 Å². The molecule has 0 spiro atoms. The average Bonchev–Trinajstić information content (AvgIpc) is 2.90. The summed E-state index contributed by atoms with van der Waals surface area (Å²) in [5.74, 6) is -0.150. The van der Waals surface area contributed by atoms with Crippen LogP contribution in [0.3, 0.4) is 0 Å². The van der Waals surface area contributed by atoms with Gasteiger partial charge >= 0.3 is 5.97 Å². The molecule has 0 N–H and O–H groups in total. The first-order valence-electron chi connectivity index (χ1n) is 6.54. The van der Waals surface area contributed by atoms with E-state index in [9.17, 15) is 4.79 Å². The molecule has 0 saturated heterocycles. The molecule has 3 aromatic rings. The number of hydrogen-bond donors (Lipinski definition) is 0. The summed E-state index contributed by atoms with van der Waals surface area (Å²) in [4.78, 5) is 20.1. The minimum absolute atomic E-state index is 0.0180. The van der Waals surface area contributed by atoms with Crippen molar-refractivity contribution in [1.29, 1.82) is 0 Å². The van der Waals surface area contributed by atoms with Crippen LogP contribution in [-0.2, 0) is 11.3 Å². The quantitative estimate of drug-likeness (QED) is 0.688. The minimum atomic E-state index is -0.554. The molecule has 0 fully saturated rings. The molecule has 3 rings (SSSR count). The van der Waals surface area contributed by atoms with Crippen molar-refractivity contribution < 1.29 is 9.53 Å². The molecule has 6 heteroatoms. The summed E-state index contributed by atoms with van der Waals surface area (Å²) in [5.41, 5.74) is 2.90. The van der Waals surface area contributed by atoms with E-state index in [2.05, 4.69) is 15.1 Å². The Morgan fingerprint density at radius 2 is 2.14 bits per heavy atom. The lowest BCUT2D eigenvalue weighted by Gasteiger charge is -2.03. The molecule has 0 aliphatic rings. The maximum atomic E-state index is 12.0. The fraction of sp³-hybridized carbons (Fsp3) is 0.200. The highest BCUT2D eigenvalue weighted by atomic mass is 16.5. The maximum absolute atomic E-state index is 12.0. The molecule has 106 valence electrons. The molecule has 2 aromatic heterocycles. The van der Waals surface area contributed by atoms with Crippen LogP contribution < -0.4 is 0 Å². The number of carbonyl (C=O) groups is 1. The fourth-order valence-corrected chi connectivity index (χ4v) is 2.01. The number of carbonyl (C=O) groups excluding carboxylic acids is 1. The van der Waals surface area contributed by atoms with Gasteiger partial charge in [0, 0.05) is 11.9 Å². The van der Waals surface area contributed by atoms with Crippen LogP contribution in [0.4, 0.5) is 0 Å². The van der Waals surface area contributed by atoms with Crippen molar-refractivity contribution in [2.24, 2.45) is 0 Å². The highest BCUT2D eigenvalue weighted by molar-refractivity contribution is 5.85. The molecule has 0 aliphatic heterocycles. The summed E-state index contributed by atoms with van der Waals surface area (Å²) in [6.07, 6.45) is 1.63. The average molecular weight is 282 g/mol. The molecule has 0 radical (unpaired) electrons. The third-order valence-electron chi connectivity index (χ3n) is 3.06. The molecule has 0 amide bonds. The van der Waals surface area contributed by atoms with Gasteiger partial charge in [0.05, 0.1) is 0 Å². The summed E-state index contributed by atoms with van der Waals surface area (Å²) in [7, 11) is 0. The van der Waals surface area contributed by atoms with Crippen LogP contribution in [-0.4, -0.2) is 25.6 Å². The van der Waals surface area contributed by atoms with Gasteiger partial charge < -0.3 is 4.74 Å². The van der Waals surface area contributed by atoms with Crippen LogP contribution in [0.15, 0.2) is 36.5 Å². The lowest BCUT2D eigenvalue weighted by molar-refractivity contribution is 0.0458. The zero-order chi connectivity index (χ0) is 14.8. The molecule has 0 bridgehead atoms. The smallest absolute Gasteiger partial charge is 0.378 e. The van der Waals surface area contributed by atoms with Gasteiger partial charge in [0.2, 0.25) is 0 Å². The van der Waals surface area contributed by atoms with E-state index in [1.807, 2.05) is 38.1 Å². The Bertz CT molecular complexity index is 810. The van der Waals surface area contributed by atoms with E-state index in [0.29, 0.717) is 5.78 Å². The van der Waals surface area contributed by atoms with Gasteiger partial charge in [-0.1, -0.05) is 29.8 Å². The van der Waals surface area contributed by atoms with E-state index >= 15 is 0 Å². The number of aryl methyl sites for hydroxylation is 2. The molecular weight excluding hydrogens is 268 g/mol. The zero-order valence-electron chi connectivity index (χ0n) is 11.8. The van der Waals surface area contributed by atoms with Gasteiger partial charge in [-0.25, -0.2) is 14.3 Å². The molecule has 2 heterocycles. The van der Waals surface area contributed by atoms with E-state index < -0.39 is 5.97 Å². The molecule has 0 atom stereocenters. The van der Waals surface area contributed by atoms with Crippen molar-refractivity contribution in [3.05, 3.63) is 59.2 Å². The fourth-order valence-electron chi connectivity index (χ4n) is 2.01. The topological polar surface area (TPSA) is 69.4 Å². The van der Waals surface area contributed by atoms with Crippen molar-refractivity contribution in [3.63, 3.8) is 0 Å². The largest absolute Gasteiger partial charge is 0.455 e. The summed E-state index contributed by atoms with van der Waals surface area (Å²) in [6.45, 7) is 4.05. The van der Waals surface area contributed by atoms with Crippen LogP contribution in [0.2, 0.25) is 0 Å². The Kier molecular flexibility index (Phi) is 3.35. The van der Waals surface area contributed by atoms with E-state index in [1.54, 1.807) is 12.3 Å². The number of rotatable bonds is 3. The minimum Gasteiger partial charge on any atom is -0.455 e. The van der Waals surface area contributed by atoms with E-state index in [4.69, 9.17) is 4.74 Å². The normalized spacial score (nSPS) is 10.8. The van der Waals surface area contributed by atoms with Gasteiger partial charge in [-0.3, -0.25) is 0 Å². The summed E-state index contributed by atoms with van der Waals surface area (Å²) >= 11 is 0. The lowest BCUT2D eigenvalue weighted by Crippen LogP contribution is -2.08. The van der Waals surface area contributed by atoms with Gasteiger partial charge in [-0.2, -0.15) is 4.98 Å². The van der Waals surface area contributed by atoms with Crippen molar-refractivity contribution in [2.45, 2.75) is 20.5 Å². The van der Waals surface area contributed by atoms with Gasteiger partial charge in [-0.15, -0.1) is 5.10 Å². The molecule has 6 nitrogen and oxygen atoms in total. The summed E-state index contributed by atoms with van der Waals surface area (Å²) < 4.78 is 6.75. The van der Waals surface area contributed by atoms with Crippen LogP contribution in [0, 0.1) is 13.8 Å².